The van der Waals surface area contributed by atoms with E-state index in [-0.39, 0.29) is 0 Å². The Hall–Kier alpha value is -1.13. The molecule has 2 fully saturated rings. The van der Waals surface area contributed by atoms with Gasteiger partial charge in [0.25, 0.3) is 0 Å². The highest BCUT2D eigenvalue weighted by atomic mass is 16.5. The van der Waals surface area contributed by atoms with Gasteiger partial charge >= 0.3 is 0 Å². The molecular weight excluding hydrogens is 250 g/mol. The average Bonchev–Trinajstić information content (AvgIpc) is 3.33. The van der Waals surface area contributed by atoms with Crippen molar-refractivity contribution in [3.63, 3.8) is 0 Å². The van der Waals surface area contributed by atoms with Crippen molar-refractivity contribution in [2.45, 2.75) is 38.3 Å². The lowest BCUT2D eigenvalue weighted by Crippen LogP contribution is -2.39. The molecule has 1 aliphatic carbocycles. The van der Waals surface area contributed by atoms with Gasteiger partial charge in [0, 0.05) is 31.4 Å². The van der Waals surface area contributed by atoms with Gasteiger partial charge in [0.2, 0.25) is 5.88 Å². The van der Waals surface area contributed by atoms with Crippen LogP contribution in [0.3, 0.4) is 0 Å². The number of methoxy groups -OCH3 is 1. The zero-order valence-corrected chi connectivity index (χ0v) is 12.3. The third kappa shape index (κ3) is 3.70. The molecule has 0 aromatic carbocycles. The molecule has 1 N–H and O–H groups in total. The minimum Gasteiger partial charge on any atom is -0.481 e. The molecule has 110 valence electrons. The number of ether oxygens (including phenoxy) is 1. The minimum absolute atomic E-state index is 0.697. The number of nitrogens with zero attached hydrogens (tertiary/aromatic N) is 2. The summed E-state index contributed by atoms with van der Waals surface area (Å²) in [6.45, 7) is 4.63. The monoisotopic (exact) mass is 275 g/mol. The number of piperidine rings is 1. The molecular formula is C16H25N3O. The van der Waals surface area contributed by atoms with E-state index in [4.69, 9.17) is 4.74 Å². The standard InChI is InChI=1S/C16H25N3O/c1-20-16-7-4-14(10-18-16)12-19(15-5-6-15)11-13-3-2-8-17-9-13/h4,7,10,13,15,17H,2-3,5-6,8-9,11-12H2,1H3. The largest absolute Gasteiger partial charge is 0.481 e. The highest BCUT2D eigenvalue weighted by Crippen LogP contribution is 2.30. The van der Waals surface area contributed by atoms with E-state index in [1.807, 2.05) is 12.3 Å². The van der Waals surface area contributed by atoms with Crippen molar-refractivity contribution in [1.82, 2.24) is 15.2 Å². The zero-order chi connectivity index (χ0) is 13.8. The van der Waals surface area contributed by atoms with Gasteiger partial charge in [0.05, 0.1) is 7.11 Å². The molecule has 2 aliphatic rings. The first kappa shape index (κ1) is 13.8. The van der Waals surface area contributed by atoms with Crippen LogP contribution >= 0.6 is 0 Å². The summed E-state index contributed by atoms with van der Waals surface area (Å²) < 4.78 is 5.12. The molecule has 0 spiro atoms. The van der Waals surface area contributed by atoms with Crippen LogP contribution in [0.1, 0.15) is 31.2 Å². The van der Waals surface area contributed by atoms with Gasteiger partial charge < -0.3 is 10.1 Å². The number of aromatic nitrogens is 1. The highest BCUT2D eigenvalue weighted by Gasteiger charge is 2.30. The normalized spacial score (nSPS) is 23.0. The lowest BCUT2D eigenvalue weighted by atomic mass is 9.99. The lowest BCUT2D eigenvalue weighted by Gasteiger charge is -2.30. The summed E-state index contributed by atoms with van der Waals surface area (Å²) in [6.07, 6.45) is 7.38. The van der Waals surface area contributed by atoms with Crippen molar-refractivity contribution in [3.05, 3.63) is 23.9 Å². The van der Waals surface area contributed by atoms with Gasteiger partial charge in [-0.25, -0.2) is 4.98 Å². The van der Waals surface area contributed by atoms with E-state index >= 15 is 0 Å². The first-order valence-corrected chi connectivity index (χ1v) is 7.79. The molecule has 1 aromatic heterocycles. The first-order valence-electron chi connectivity index (χ1n) is 7.79. The molecule has 1 aromatic rings. The molecule has 3 rings (SSSR count). The minimum atomic E-state index is 0.697. The van der Waals surface area contributed by atoms with Crippen LogP contribution in [0.2, 0.25) is 0 Å². The number of hydrogen-bond acceptors (Lipinski definition) is 4. The second-order valence-electron chi connectivity index (χ2n) is 6.08. The molecule has 0 bridgehead atoms. The Labute approximate surface area is 121 Å². The van der Waals surface area contributed by atoms with Gasteiger partial charge in [-0.2, -0.15) is 0 Å². The maximum absolute atomic E-state index is 5.12. The van der Waals surface area contributed by atoms with Crippen LogP contribution in [0.5, 0.6) is 5.88 Å². The maximum Gasteiger partial charge on any atom is 0.212 e. The summed E-state index contributed by atoms with van der Waals surface area (Å²) in [7, 11) is 1.66. The fourth-order valence-electron chi connectivity index (χ4n) is 3.05. The predicted octanol–water partition coefficient (Wildman–Crippen LogP) is 2.05. The molecule has 1 saturated heterocycles. The van der Waals surface area contributed by atoms with E-state index < -0.39 is 0 Å². The van der Waals surface area contributed by atoms with Crippen LogP contribution in [0.15, 0.2) is 18.3 Å². The molecule has 1 saturated carbocycles. The van der Waals surface area contributed by atoms with Crippen molar-refractivity contribution in [2.75, 3.05) is 26.7 Å². The average molecular weight is 275 g/mol. The number of nitrogens with one attached hydrogen (secondary N) is 1. The van der Waals surface area contributed by atoms with E-state index in [1.165, 1.54) is 50.9 Å². The van der Waals surface area contributed by atoms with Crippen LogP contribution in [0, 0.1) is 5.92 Å². The number of pyridine rings is 1. The van der Waals surface area contributed by atoms with Gasteiger partial charge in [-0.1, -0.05) is 6.07 Å². The van der Waals surface area contributed by atoms with Crippen molar-refractivity contribution in [1.29, 1.82) is 0 Å². The van der Waals surface area contributed by atoms with Crippen LogP contribution in [-0.2, 0) is 6.54 Å². The van der Waals surface area contributed by atoms with Crippen LogP contribution in [0.25, 0.3) is 0 Å². The van der Waals surface area contributed by atoms with Crippen molar-refractivity contribution in [3.8, 4) is 5.88 Å². The maximum atomic E-state index is 5.12. The van der Waals surface area contributed by atoms with Crippen LogP contribution in [-0.4, -0.2) is 42.7 Å². The van der Waals surface area contributed by atoms with E-state index in [0.29, 0.717) is 5.88 Å². The van der Waals surface area contributed by atoms with Gasteiger partial charge in [-0.3, -0.25) is 4.90 Å². The van der Waals surface area contributed by atoms with Gasteiger partial charge in [0.1, 0.15) is 0 Å². The molecule has 20 heavy (non-hydrogen) atoms. The Morgan fingerprint density at radius 1 is 1.35 bits per heavy atom. The Morgan fingerprint density at radius 2 is 2.25 bits per heavy atom. The molecule has 1 unspecified atom stereocenters. The van der Waals surface area contributed by atoms with Gasteiger partial charge in [0.15, 0.2) is 0 Å². The lowest BCUT2D eigenvalue weighted by molar-refractivity contribution is 0.192. The van der Waals surface area contributed by atoms with Crippen molar-refractivity contribution in [2.24, 2.45) is 5.92 Å². The Bertz CT molecular complexity index is 410. The molecule has 0 amide bonds. The number of rotatable bonds is 6. The van der Waals surface area contributed by atoms with E-state index in [0.717, 1.165) is 18.5 Å². The van der Waals surface area contributed by atoms with Gasteiger partial charge in [-0.15, -0.1) is 0 Å². The Balaban J connectivity index is 1.58. The third-order valence-electron chi connectivity index (χ3n) is 4.35. The van der Waals surface area contributed by atoms with Crippen LogP contribution in [0.4, 0.5) is 0 Å². The summed E-state index contributed by atoms with van der Waals surface area (Å²) in [4.78, 5) is 6.97. The molecule has 4 nitrogen and oxygen atoms in total. The highest BCUT2D eigenvalue weighted by molar-refractivity contribution is 5.18. The van der Waals surface area contributed by atoms with E-state index in [2.05, 4.69) is 21.3 Å². The quantitative estimate of drug-likeness (QED) is 0.862. The Kier molecular flexibility index (Phi) is 4.53. The predicted molar refractivity (Wildman–Crippen MR) is 79.8 cm³/mol. The summed E-state index contributed by atoms with van der Waals surface area (Å²) in [5, 5.41) is 3.52. The Morgan fingerprint density at radius 3 is 2.85 bits per heavy atom. The fourth-order valence-corrected chi connectivity index (χ4v) is 3.05. The van der Waals surface area contributed by atoms with E-state index in [9.17, 15) is 0 Å². The second kappa shape index (κ2) is 6.55. The molecule has 1 atom stereocenters. The molecule has 4 heteroatoms. The zero-order valence-electron chi connectivity index (χ0n) is 12.3. The fraction of sp³-hybridized carbons (Fsp3) is 0.688. The second-order valence-corrected chi connectivity index (χ2v) is 6.08. The van der Waals surface area contributed by atoms with Gasteiger partial charge in [-0.05, 0) is 50.3 Å². The molecule has 1 aliphatic heterocycles. The first-order chi connectivity index (χ1) is 9.85. The SMILES string of the molecule is COc1ccc(CN(CC2CCCNC2)C2CC2)cn1. The summed E-state index contributed by atoms with van der Waals surface area (Å²) in [5.41, 5.74) is 1.29. The van der Waals surface area contributed by atoms with Crippen molar-refractivity contribution < 1.29 is 4.74 Å². The summed E-state index contributed by atoms with van der Waals surface area (Å²) in [6, 6.07) is 4.90. The summed E-state index contributed by atoms with van der Waals surface area (Å²) in [5.74, 6) is 1.51. The smallest absolute Gasteiger partial charge is 0.212 e. The topological polar surface area (TPSA) is 37.4 Å². The van der Waals surface area contributed by atoms with E-state index in [1.54, 1.807) is 7.11 Å². The van der Waals surface area contributed by atoms with Crippen molar-refractivity contribution >= 4 is 0 Å². The third-order valence-corrected chi connectivity index (χ3v) is 4.35. The molecule has 2 heterocycles. The number of hydrogen-bond donors (Lipinski definition) is 1. The molecule has 0 radical (unpaired) electrons. The van der Waals surface area contributed by atoms with Crippen LogP contribution < -0.4 is 10.1 Å². The summed E-state index contributed by atoms with van der Waals surface area (Å²) >= 11 is 0.